The molecule has 16 heavy (non-hydrogen) atoms. The Bertz CT molecular complexity index is 346. The smallest absolute Gasteiger partial charge is 0.0453 e. The summed E-state index contributed by atoms with van der Waals surface area (Å²) in [5.74, 6) is 0. The van der Waals surface area contributed by atoms with Gasteiger partial charge in [-0.05, 0) is 37.9 Å². The number of halogens is 1. The molecule has 0 heterocycles. The first-order valence-electron chi connectivity index (χ1n) is 5.77. The largest absolute Gasteiger partial charge is 0.310 e. The predicted octanol–water partition coefficient (Wildman–Crippen LogP) is 4.35. The molecular weight excluding hydrogens is 218 g/mol. The van der Waals surface area contributed by atoms with E-state index < -0.39 is 0 Å². The standard InChI is InChI=1S/C14H20ClN/c1-4-9-16-14(10-11(2)3)12-7-5-6-8-13(12)15/h5-8,14,16H,2,4,9-10H2,1,3H3. The Morgan fingerprint density at radius 1 is 1.44 bits per heavy atom. The van der Waals surface area contributed by atoms with Crippen molar-refractivity contribution in [3.63, 3.8) is 0 Å². The fraction of sp³-hybridized carbons (Fsp3) is 0.429. The van der Waals surface area contributed by atoms with Gasteiger partial charge in [-0.2, -0.15) is 0 Å². The molecule has 0 aromatic heterocycles. The van der Waals surface area contributed by atoms with Crippen molar-refractivity contribution in [2.75, 3.05) is 6.54 Å². The third-order valence-corrected chi connectivity index (χ3v) is 2.82. The highest BCUT2D eigenvalue weighted by atomic mass is 35.5. The van der Waals surface area contributed by atoms with E-state index in [0.717, 1.165) is 24.4 Å². The molecule has 0 fully saturated rings. The van der Waals surface area contributed by atoms with Gasteiger partial charge in [-0.25, -0.2) is 0 Å². The topological polar surface area (TPSA) is 12.0 Å². The van der Waals surface area contributed by atoms with Crippen LogP contribution in [0.1, 0.15) is 38.3 Å². The molecule has 1 nitrogen and oxygen atoms in total. The van der Waals surface area contributed by atoms with E-state index in [1.807, 2.05) is 18.2 Å². The maximum atomic E-state index is 6.21. The second-order valence-electron chi connectivity index (χ2n) is 4.19. The van der Waals surface area contributed by atoms with E-state index in [1.54, 1.807) is 0 Å². The van der Waals surface area contributed by atoms with Gasteiger partial charge >= 0.3 is 0 Å². The average molecular weight is 238 g/mol. The summed E-state index contributed by atoms with van der Waals surface area (Å²) in [5, 5.41) is 4.34. The highest BCUT2D eigenvalue weighted by molar-refractivity contribution is 6.31. The maximum Gasteiger partial charge on any atom is 0.0453 e. The van der Waals surface area contributed by atoms with Crippen LogP contribution < -0.4 is 5.32 Å². The highest BCUT2D eigenvalue weighted by Gasteiger charge is 2.13. The van der Waals surface area contributed by atoms with E-state index in [1.165, 1.54) is 11.1 Å². The Morgan fingerprint density at radius 3 is 2.69 bits per heavy atom. The first kappa shape index (κ1) is 13.3. The monoisotopic (exact) mass is 237 g/mol. The summed E-state index contributed by atoms with van der Waals surface area (Å²) in [6.07, 6.45) is 2.06. The maximum absolute atomic E-state index is 6.21. The summed E-state index contributed by atoms with van der Waals surface area (Å²) >= 11 is 6.21. The van der Waals surface area contributed by atoms with Gasteiger partial charge in [-0.3, -0.25) is 0 Å². The van der Waals surface area contributed by atoms with Crippen LogP contribution in [-0.2, 0) is 0 Å². The molecule has 0 aliphatic heterocycles. The molecule has 88 valence electrons. The molecule has 1 unspecified atom stereocenters. The second kappa shape index (κ2) is 6.72. The van der Waals surface area contributed by atoms with E-state index in [4.69, 9.17) is 11.6 Å². The third kappa shape index (κ3) is 3.99. The molecule has 0 saturated heterocycles. The lowest BCUT2D eigenvalue weighted by atomic mass is 10.00. The van der Waals surface area contributed by atoms with Gasteiger partial charge in [-0.15, -0.1) is 6.58 Å². The van der Waals surface area contributed by atoms with Gasteiger partial charge in [-0.1, -0.05) is 42.3 Å². The molecule has 0 aliphatic rings. The second-order valence-corrected chi connectivity index (χ2v) is 4.60. The van der Waals surface area contributed by atoms with E-state index in [9.17, 15) is 0 Å². The summed E-state index contributed by atoms with van der Waals surface area (Å²) in [7, 11) is 0. The summed E-state index contributed by atoms with van der Waals surface area (Å²) < 4.78 is 0. The van der Waals surface area contributed by atoms with Crippen LogP contribution in [0.25, 0.3) is 0 Å². The van der Waals surface area contributed by atoms with Crippen molar-refractivity contribution in [3.05, 3.63) is 47.0 Å². The lowest BCUT2D eigenvalue weighted by molar-refractivity contribution is 0.528. The van der Waals surface area contributed by atoms with E-state index in [-0.39, 0.29) is 6.04 Å². The Balaban J connectivity index is 2.82. The van der Waals surface area contributed by atoms with E-state index >= 15 is 0 Å². The van der Waals surface area contributed by atoms with Crippen molar-refractivity contribution in [1.82, 2.24) is 5.32 Å². The van der Waals surface area contributed by atoms with Crippen molar-refractivity contribution in [3.8, 4) is 0 Å². The summed E-state index contributed by atoms with van der Waals surface area (Å²) in [5.41, 5.74) is 2.34. The molecule has 1 rings (SSSR count). The quantitative estimate of drug-likeness (QED) is 0.726. The molecule has 0 saturated carbocycles. The zero-order chi connectivity index (χ0) is 12.0. The third-order valence-electron chi connectivity index (χ3n) is 2.47. The lowest BCUT2D eigenvalue weighted by Crippen LogP contribution is -2.22. The van der Waals surface area contributed by atoms with Crippen molar-refractivity contribution >= 4 is 11.6 Å². The molecule has 0 amide bonds. The Hall–Kier alpha value is -0.790. The van der Waals surface area contributed by atoms with E-state index in [0.29, 0.717) is 0 Å². The number of hydrogen-bond donors (Lipinski definition) is 1. The number of rotatable bonds is 6. The summed E-state index contributed by atoms with van der Waals surface area (Å²) in [6.45, 7) is 9.20. The molecule has 1 atom stereocenters. The number of hydrogen-bond acceptors (Lipinski definition) is 1. The molecule has 0 radical (unpaired) electrons. The van der Waals surface area contributed by atoms with Gasteiger partial charge in [0.1, 0.15) is 0 Å². The minimum Gasteiger partial charge on any atom is -0.310 e. The van der Waals surface area contributed by atoms with Crippen LogP contribution in [0.15, 0.2) is 36.4 Å². The Kier molecular flexibility index (Phi) is 5.58. The van der Waals surface area contributed by atoms with Gasteiger partial charge < -0.3 is 5.32 Å². The Morgan fingerprint density at radius 2 is 2.12 bits per heavy atom. The molecule has 0 spiro atoms. The Labute approximate surface area is 104 Å². The van der Waals surface area contributed by atoms with Crippen LogP contribution >= 0.6 is 11.6 Å². The van der Waals surface area contributed by atoms with Crippen LogP contribution in [-0.4, -0.2) is 6.54 Å². The van der Waals surface area contributed by atoms with Gasteiger partial charge in [0.05, 0.1) is 0 Å². The fourth-order valence-corrected chi connectivity index (χ4v) is 1.98. The van der Waals surface area contributed by atoms with Gasteiger partial charge in [0.15, 0.2) is 0 Å². The average Bonchev–Trinajstić information content (AvgIpc) is 2.24. The van der Waals surface area contributed by atoms with Crippen molar-refractivity contribution in [2.24, 2.45) is 0 Å². The number of nitrogens with one attached hydrogen (secondary N) is 1. The summed E-state index contributed by atoms with van der Waals surface area (Å²) in [4.78, 5) is 0. The van der Waals surface area contributed by atoms with Gasteiger partial charge in [0.25, 0.3) is 0 Å². The van der Waals surface area contributed by atoms with Crippen LogP contribution in [0.3, 0.4) is 0 Å². The van der Waals surface area contributed by atoms with Gasteiger partial charge in [0.2, 0.25) is 0 Å². The molecule has 2 heteroatoms. The number of benzene rings is 1. The van der Waals surface area contributed by atoms with E-state index in [2.05, 4.69) is 31.8 Å². The molecule has 0 bridgehead atoms. The van der Waals surface area contributed by atoms with Crippen molar-refractivity contribution < 1.29 is 0 Å². The highest BCUT2D eigenvalue weighted by Crippen LogP contribution is 2.26. The SMILES string of the molecule is C=C(C)CC(NCCC)c1ccccc1Cl. The minimum absolute atomic E-state index is 0.283. The zero-order valence-corrected chi connectivity index (χ0v) is 10.8. The molecule has 1 aromatic carbocycles. The normalized spacial score (nSPS) is 12.4. The minimum atomic E-state index is 0.283. The molecule has 1 aromatic rings. The van der Waals surface area contributed by atoms with Crippen LogP contribution in [0, 0.1) is 0 Å². The van der Waals surface area contributed by atoms with Crippen LogP contribution in [0.4, 0.5) is 0 Å². The van der Waals surface area contributed by atoms with Crippen molar-refractivity contribution in [1.29, 1.82) is 0 Å². The summed E-state index contributed by atoms with van der Waals surface area (Å²) in [6, 6.07) is 8.30. The predicted molar refractivity (Wildman–Crippen MR) is 71.9 cm³/mol. The van der Waals surface area contributed by atoms with Crippen LogP contribution in [0.2, 0.25) is 5.02 Å². The molecular formula is C14H20ClN. The zero-order valence-electron chi connectivity index (χ0n) is 10.1. The van der Waals surface area contributed by atoms with Crippen molar-refractivity contribution in [2.45, 2.75) is 32.7 Å². The first-order valence-corrected chi connectivity index (χ1v) is 6.15. The lowest BCUT2D eigenvalue weighted by Gasteiger charge is -2.20. The van der Waals surface area contributed by atoms with Gasteiger partial charge in [0, 0.05) is 11.1 Å². The molecule has 1 N–H and O–H groups in total. The molecule has 0 aliphatic carbocycles. The first-order chi connectivity index (χ1) is 7.65. The van der Waals surface area contributed by atoms with Crippen LogP contribution in [0.5, 0.6) is 0 Å². The fourth-order valence-electron chi connectivity index (χ4n) is 1.72.